The molecule has 103 heavy (non-hydrogen) atoms. The lowest BCUT2D eigenvalue weighted by Gasteiger charge is -2.39. The minimum absolute atomic E-state index is 0.0231. The number of ether oxygens (including phenoxy) is 5. The third kappa shape index (κ3) is 32.9. The maximum atomic E-state index is 14.0. The van der Waals surface area contributed by atoms with Crippen LogP contribution in [0, 0.1) is 47.3 Å². The molecule has 1 aliphatic rings. The van der Waals surface area contributed by atoms with Crippen LogP contribution in [0.2, 0.25) is 0 Å². The van der Waals surface area contributed by atoms with Crippen LogP contribution < -0.4 is 27.4 Å². The maximum absolute atomic E-state index is 14.0. The lowest BCUT2D eigenvalue weighted by Crippen LogP contribution is -2.52. The van der Waals surface area contributed by atoms with Crippen molar-refractivity contribution in [2.45, 2.75) is 235 Å². The number of Topliss-reactive ketones (excluding diaryl/α,β-unsaturated/α-hetero) is 5. The van der Waals surface area contributed by atoms with Crippen molar-refractivity contribution < 1.29 is 81.5 Å². The summed E-state index contributed by atoms with van der Waals surface area (Å²) in [5.74, 6) is -3.93. The number of benzene rings is 2. The van der Waals surface area contributed by atoms with Gasteiger partial charge in [-0.3, -0.25) is 43.2 Å². The Balaban J connectivity index is 0.00000110. The second-order valence-corrected chi connectivity index (χ2v) is 28.7. The number of aliphatic hydroxyl groups excluding tert-OH is 1. The fraction of sp³-hybridized carbons (Fsp3) is 0.705. The summed E-state index contributed by atoms with van der Waals surface area (Å²) in [7, 11) is 6.51. The summed E-state index contributed by atoms with van der Waals surface area (Å²) in [4.78, 5) is 147. The average Bonchev–Trinajstić information content (AvgIpc) is 1.79. The number of aliphatic hydroxyl groups is 1. The highest BCUT2D eigenvalue weighted by Crippen LogP contribution is 2.32. The first-order chi connectivity index (χ1) is 48.8. The molecule has 7 amide bonds. The molecule has 582 valence electrons. The Labute approximate surface area is 613 Å². The van der Waals surface area contributed by atoms with E-state index in [0.717, 1.165) is 50.6 Å². The summed E-state index contributed by atoms with van der Waals surface area (Å²) in [5, 5.41) is 18.6. The van der Waals surface area contributed by atoms with E-state index >= 15 is 0 Å². The number of carbonyl (C=O) groups is 11. The van der Waals surface area contributed by atoms with E-state index < -0.39 is 54.0 Å². The number of unbranched alkanes of at least 4 members (excludes halogenated alkanes) is 2. The minimum Gasteiger partial charge on any atom is -0.445 e. The molecule has 0 saturated carbocycles. The predicted octanol–water partition coefficient (Wildman–Crippen LogP) is 9.75. The molecule has 0 aliphatic carbocycles. The molecule has 1 heterocycles. The number of rotatable bonds is 50. The van der Waals surface area contributed by atoms with Crippen LogP contribution in [0.4, 0.5) is 15.3 Å². The normalized spacial score (nSPS) is 16.1. The van der Waals surface area contributed by atoms with Crippen LogP contribution in [0.1, 0.15) is 203 Å². The molecule has 1 unspecified atom stereocenters. The first kappa shape index (κ1) is 92.1. The number of hydrogen-bond donors (Lipinski definition) is 6. The van der Waals surface area contributed by atoms with Gasteiger partial charge in [0, 0.05) is 116 Å². The number of likely N-dealkylation sites (N-methyl/N-ethyl adjacent to an activating group) is 2. The van der Waals surface area contributed by atoms with Crippen LogP contribution in [-0.2, 0) is 73.4 Å². The summed E-state index contributed by atoms with van der Waals surface area (Å²) in [5.41, 5.74) is 12.4. The van der Waals surface area contributed by atoms with Crippen molar-refractivity contribution in [1.82, 2.24) is 25.3 Å². The van der Waals surface area contributed by atoms with Gasteiger partial charge >= 0.3 is 12.1 Å². The quantitative estimate of drug-likeness (QED) is 0.0335. The van der Waals surface area contributed by atoms with Gasteiger partial charge in [0.15, 0.2) is 11.6 Å². The first-order valence-corrected chi connectivity index (χ1v) is 37.2. The van der Waals surface area contributed by atoms with E-state index in [9.17, 15) is 57.8 Å². The molecule has 0 spiro atoms. The number of nitrogens with one attached hydrogen (secondary N) is 3. The Kier molecular flexibility index (Phi) is 44.4. The van der Waals surface area contributed by atoms with Crippen LogP contribution in [0.25, 0.3) is 0 Å². The summed E-state index contributed by atoms with van der Waals surface area (Å²) in [6.07, 6.45) is 5.89. The number of anilines is 1. The van der Waals surface area contributed by atoms with Gasteiger partial charge in [0.05, 0.1) is 62.2 Å². The van der Waals surface area contributed by atoms with E-state index in [0.29, 0.717) is 56.4 Å². The van der Waals surface area contributed by atoms with Gasteiger partial charge in [-0.25, -0.2) is 9.59 Å². The van der Waals surface area contributed by atoms with E-state index in [2.05, 4.69) is 29.8 Å². The molecule has 1 aliphatic heterocycles. The summed E-state index contributed by atoms with van der Waals surface area (Å²) in [6, 6.07) is 13.3. The summed E-state index contributed by atoms with van der Waals surface area (Å²) < 4.78 is 28.0. The number of likely N-dealkylation sites (tertiary alicyclic amines) is 1. The number of urea groups is 1. The van der Waals surface area contributed by atoms with Gasteiger partial charge in [-0.2, -0.15) is 0 Å². The predicted molar refractivity (Wildman–Crippen MR) is 397 cm³/mol. The van der Waals surface area contributed by atoms with Crippen LogP contribution >= 0.6 is 0 Å². The Morgan fingerprint density at radius 1 is 0.680 bits per heavy atom. The fourth-order valence-electron chi connectivity index (χ4n) is 13.2. The van der Waals surface area contributed by atoms with Crippen molar-refractivity contribution in [1.29, 1.82) is 0 Å². The highest BCUT2D eigenvalue weighted by atomic mass is 16.6. The van der Waals surface area contributed by atoms with Gasteiger partial charge in [-0.15, -0.1) is 0 Å². The van der Waals surface area contributed by atoms with Crippen molar-refractivity contribution in [3.8, 4) is 0 Å². The molecule has 0 aromatic heterocycles. The number of carbonyl (C=O) groups excluding carboxylic acids is 11. The molecule has 2 aromatic rings. The van der Waals surface area contributed by atoms with Gasteiger partial charge in [-0.1, -0.05) is 131 Å². The highest BCUT2D eigenvalue weighted by Gasteiger charge is 2.41. The molecule has 25 nitrogen and oxygen atoms in total. The SMILES string of the molecule is CCC(=O)N1CCC[C@H]1[C@H](OC)[C@@H](C)C(=O)C[C@H](C)[C@@H](O)c1ccccc1.CC[C@H](C)[C@@H]([C@@H](C)OC)N(C)C(=O)[C@@H](CC(=O)C(C(C)C)N(C)C(=O)OCc1ccc(NC(=O)[C@H](CCCNC(N)=O)CC(=O)[C@@H](NC(=O)COCCOCCCC(=O)CCCCCC(=O)CN)C(C)C)cc1)C(C)C. The Morgan fingerprint density at radius 2 is 1.31 bits per heavy atom. The Bertz CT molecular complexity index is 2900. The topological polar surface area (TPSA) is 352 Å². The van der Waals surface area contributed by atoms with E-state index in [4.69, 9.17) is 35.2 Å². The molecule has 0 bridgehead atoms. The first-order valence-electron chi connectivity index (χ1n) is 37.2. The molecule has 2 aromatic carbocycles. The molecule has 0 radical (unpaired) electrons. The number of nitrogens with two attached hydrogens (primary N) is 2. The lowest BCUT2D eigenvalue weighted by molar-refractivity contribution is -0.145. The van der Waals surface area contributed by atoms with Crippen molar-refractivity contribution in [3.63, 3.8) is 0 Å². The number of methoxy groups -OCH3 is 2. The van der Waals surface area contributed by atoms with Crippen molar-refractivity contribution in [2.24, 2.45) is 58.8 Å². The van der Waals surface area contributed by atoms with E-state index in [1.165, 1.54) is 11.9 Å². The van der Waals surface area contributed by atoms with Crippen LogP contribution in [0.15, 0.2) is 54.6 Å². The fourth-order valence-corrected chi connectivity index (χ4v) is 13.2. The van der Waals surface area contributed by atoms with E-state index in [1.807, 2.05) is 90.6 Å². The number of amides is 7. The van der Waals surface area contributed by atoms with E-state index in [-0.39, 0.29) is 166 Å². The number of nitrogens with zero attached hydrogens (tertiary/aromatic N) is 3. The Hall–Kier alpha value is -7.03. The molecule has 8 N–H and O–H groups in total. The number of hydrogen-bond acceptors (Lipinski definition) is 18. The molecular formula is C78H128N8O17. The standard InChI is InChI=1S/C56H95N7O13.C22H33NO4/c1-13-39(8)52(40(9)73-12)62(10)54(70)46(36(2)3)32-48(67)51(38(6)7)63(11)56(72)76-34-41-23-25-43(26-24-41)60-53(69)42(19-17-27-59-55(58)71)31-47(66)50(37(4)5)61-49(68)35-75-30-29-74-28-18-22-44(64)20-15-14-16-21-45(65)33-57;1-5-20(25)23-13-9-12-18(23)22(27-4)16(3)19(24)14-15(2)21(26)17-10-7-6-8-11-17/h23-26,36-40,42,46,50-52H,13-22,27-35,57H2,1-12H3,(H,60,69)(H,61,68)(H3,58,59,71);6-8,10-11,15-16,18,21-22,26H,5,9,12-14H2,1-4H3/t39-,40+,42+,46-,50-,51?,52-;15-,16-,18-,21+,22+/m00/s1. The molecule has 12 atom stereocenters. The van der Waals surface area contributed by atoms with Crippen LogP contribution in [0.3, 0.4) is 0 Å². The van der Waals surface area contributed by atoms with Gasteiger partial charge in [-0.05, 0) is 105 Å². The average molecular weight is 1450 g/mol. The maximum Gasteiger partial charge on any atom is 0.410 e. The second kappa shape index (κ2) is 49.6. The van der Waals surface area contributed by atoms with Crippen molar-refractivity contribution in [2.75, 3.05) is 79.7 Å². The number of ketones is 5. The van der Waals surface area contributed by atoms with Crippen molar-refractivity contribution in [3.05, 3.63) is 65.7 Å². The number of primary amides is 1. The minimum atomic E-state index is -0.918. The molecule has 3 rings (SSSR count). The van der Waals surface area contributed by atoms with Crippen molar-refractivity contribution >= 4 is 70.4 Å². The van der Waals surface area contributed by atoms with Gasteiger partial charge in [0.25, 0.3) is 0 Å². The third-order valence-electron chi connectivity index (χ3n) is 19.6. The van der Waals surface area contributed by atoms with Crippen LogP contribution in [0.5, 0.6) is 0 Å². The molecular weight excluding hydrogens is 1320 g/mol. The third-order valence-corrected chi connectivity index (χ3v) is 19.6. The summed E-state index contributed by atoms with van der Waals surface area (Å²) >= 11 is 0. The smallest absolute Gasteiger partial charge is 0.410 e. The molecule has 1 saturated heterocycles. The zero-order valence-electron chi connectivity index (χ0n) is 64.8. The van der Waals surface area contributed by atoms with Gasteiger partial charge < -0.3 is 70.9 Å². The second-order valence-electron chi connectivity index (χ2n) is 28.7. The molecule has 25 heteroatoms. The zero-order valence-corrected chi connectivity index (χ0v) is 64.8. The van der Waals surface area contributed by atoms with Gasteiger partial charge in [0.1, 0.15) is 30.6 Å². The lowest BCUT2D eigenvalue weighted by atomic mass is 9.84. The van der Waals surface area contributed by atoms with E-state index in [1.54, 1.807) is 64.3 Å². The zero-order chi connectivity index (χ0) is 77.5. The monoisotopic (exact) mass is 1450 g/mol. The highest BCUT2D eigenvalue weighted by molar-refractivity contribution is 5.98. The van der Waals surface area contributed by atoms with Crippen LogP contribution in [-0.4, -0.2) is 195 Å². The largest absolute Gasteiger partial charge is 0.445 e. The Morgan fingerprint density at radius 3 is 1.88 bits per heavy atom. The van der Waals surface area contributed by atoms with Gasteiger partial charge in [0.2, 0.25) is 23.6 Å². The molecule has 1 fully saturated rings. The summed E-state index contributed by atoms with van der Waals surface area (Å²) in [6.45, 7) is 24.0.